The predicted molar refractivity (Wildman–Crippen MR) is 103 cm³/mol. The molecule has 0 fully saturated rings. The van der Waals surface area contributed by atoms with Crippen LogP contribution in [-0.2, 0) is 0 Å². The lowest BCUT2D eigenvalue weighted by Crippen LogP contribution is -2.34. The molecule has 0 saturated carbocycles. The van der Waals surface area contributed by atoms with Crippen molar-refractivity contribution < 1.29 is 0 Å². The third kappa shape index (κ3) is 5.89. The molecule has 0 saturated heterocycles. The first kappa shape index (κ1) is 22.0. The quantitative estimate of drug-likeness (QED) is 0.391. The molecule has 0 N–H and O–H groups in total. The second kappa shape index (κ2) is 9.99. The fourth-order valence-electron chi connectivity index (χ4n) is 4.27. The third-order valence-electron chi connectivity index (χ3n) is 7.39. The molecule has 0 heterocycles. The van der Waals surface area contributed by atoms with Crippen molar-refractivity contribution in [1.82, 2.24) is 0 Å². The minimum atomic E-state index is 0.793. The van der Waals surface area contributed by atoms with Crippen LogP contribution in [0.1, 0.15) is 89.0 Å². The summed E-state index contributed by atoms with van der Waals surface area (Å²) in [5, 5.41) is 0. The Morgan fingerprint density at radius 2 is 0.818 bits per heavy atom. The summed E-state index contributed by atoms with van der Waals surface area (Å²) in [4.78, 5) is 0. The van der Waals surface area contributed by atoms with Crippen molar-refractivity contribution in [1.29, 1.82) is 0 Å². The van der Waals surface area contributed by atoms with E-state index in [0.717, 1.165) is 53.3 Å². The van der Waals surface area contributed by atoms with Crippen LogP contribution in [0.15, 0.2) is 0 Å². The summed E-state index contributed by atoms with van der Waals surface area (Å²) in [6, 6.07) is 0. The average molecular weight is 311 g/mol. The van der Waals surface area contributed by atoms with Crippen molar-refractivity contribution in [3.8, 4) is 0 Å². The molecule has 22 heavy (non-hydrogen) atoms. The first-order valence-corrected chi connectivity index (χ1v) is 10.1. The van der Waals surface area contributed by atoms with Crippen molar-refractivity contribution in [2.45, 2.75) is 89.0 Å². The molecule has 0 aromatic carbocycles. The van der Waals surface area contributed by atoms with Crippen LogP contribution in [0.25, 0.3) is 0 Å². The van der Waals surface area contributed by atoms with Crippen molar-refractivity contribution in [3.05, 3.63) is 0 Å². The number of rotatable bonds is 10. The SMILES string of the molecule is CCCC(C(C)C(C)C)C(C)C(C)C(C)C(C)C(C)C(C)C. The van der Waals surface area contributed by atoms with Crippen molar-refractivity contribution >= 4 is 0 Å². The van der Waals surface area contributed by atoms with E-state index in [1.807, 2.05) is 0 Å². The summed E-state index contributed by atoms with van der Waals surface area (Å²) in [6.07, 6.45) is 2.72. The normalized spacial score (nSPS) is 22.2. The van der Waals surface area contributed by atoms with E-state index in [-0.39, 0.29) is 0 Å². The van der Waals surface area contributed by atoms with Crippen LogP contribution in [0.5, 0.6) is 0 Å². The Kier molecular flexibility index (Phi) is 9.99. The van der Waals surface area contributed by atoms with E-state index in [1.165, 1.54) is 12.8 Å². The van der Waals surface area contributed by atoms with Crippen molar-refractivity contribution in [2.75, 3.05) is 0 Å². The highest BCUT2D eigenvalue weighted by atomic mass is 14.4. The van der Waals surface area contributed by atoms with Crippen molar-refractivity contribution in [2.24, 2.45) is 53.3 Å². The fraction of sp³-hybridized carbons (Fsp3) is 1.00. The van der Waals surface area contributed by atoms with Crippen LogP contribution in [0.3, 0.4) is 0 Å². The lowest BCUT2D eigenvalue weighted by Gasteiger charge is -2.41. The molecule has 0 spiro atoms. The Morgan fingerprint density at radius 3 is 1.18 bits per heavy atom. The van der Waals surface area contributed by atoms with Crippen LogP contribution in [0, 0.1) is 53.3 Å². The Hall–Kier alpha value is 0. The molecule has 0 bridgehead atoms. The van der Waals surface area contributed by atoms with Gasteiger partial charge in [0.25, 0.3) is 0 Å². The van der Waals surface area contributed by atoms with Crippen LogP contribution in [-0.4, -0.2) is 0 Å². The second-order valence-corrected chi connectivity index (χ2v) is 9.10. The molecule has 0 aromatic rings. The van der Waals surface area contributed by atoms with Gasteiger partial charge in [-0.25, -0.2) is 0 Å². The molecule has 0 rings (SSSR count). The standard InChI is InChI=1S/C22H46/c1-12-13-22(17(7)15(4)5)21(11)20(10)19(9)18(8)16(6)14(2)3/h14-22H,12-13H2,1-11H3. The molecule has 0 radical (unpaired) electrons. The van der Waals surface area contributed by atoms with E-state index in [4.69, 9.17) is 0 Å². The van der Waals surface area contributed by atoms with Crippen molar-refractivity contribution in [3.63, 3.8) is 0 Å². The van der Waals surface area contributed by atoms with Crippen LogP contribution in [0.4, 0.5) is 0 Å². The maximum atomic E-state index is 2.53. The maximum Gasteiger partial charge on any atom is -0.0358 e. The molecule has 0 amide bonds. The summed E-state index contributed by atoms with van der Waals surface area (Å²) in [7, 11) is 0. The molecule has 0 aliphatic carbocycles. The first-order chi connectivity index (χ1) is 10.1. The monoisotopic (exact) mass is 310 g/mol. The Morgan fingerprint density at radius 1 is 0.455 bits per heavy atom. The lowest BCUT2D eigenvalue weighted by atomic mass is 9.65. The highest BCUT2D eigenvalue weighted by Gasteiger charge is 2.34. The maximum absolute atomic E-state index is 2.53. The highest BCUT2D eigenvalue weighted by molar-refractivity contribution is 4.82. The van der Waals surface area contributed by atoms with Gasteiger partial charge in [0, 0.05) is 0 Å². The van der Waals surface area contributed by atoms with Gasteiger partial charge in [-0.2, -0.15) is 0 Å². The van der Waals surface area contributed by atoms with E-state index in [2.05, 4.69) is 76.2 Å². The van der Waals surface area contributed by atoms with Gasteiger partial charge in [0.15, 0.2) is 0 Å². The molecule has 7 unspecified atom stereocenters. The van der Waals surface area contributed by atoms with E-state index in [9.17, 15) is 0 Å². The molecule has 7 atom stereocenters. The zero-order valence-electron chi connectivity index (χ0n) is 17.6. The second-order valence-electron chi connectivity index (χ2n) is 9.10. The van der Waals surface area contributed by atoms with Gasteiger partial charge in [-0.15, -0.1) is 0 Å². The van der Waals surface area contributed by atoms with Gasteiger partial charge in [-0.3, -0.25) is 0 Å². The average Bonchev–Trinajstić information content (AvgIpc) is 2.47. The summed E-state index contributed by atoms with van der Waals surface area (Å²) in [6.45, 7) is 26.9. The first-order valence-electron chi connectivity index (χ1n) is 10.1. The minimum Gasteiger partial charge on any atom is -0.0654 e. The van der Waals surface area contributed by atoms with E-state index >= 15 is 0 Å². The van der Waals surface area contributed by atoms with Crippen LogP contribution < -0.4 is 0 Å². The molecular formula is C22H46. The van der Waals surface area contributed by atoms with Gasteiger partial charge in [-0.05, 0) is 53.3 Å². The van der Waals surface area contributed by atoms with Gasteiger partial charge in [0.05, 0.1) is 0 Å². The summed E-state index contributed by atoms with van der Waals surface area (Å²) >= 11 is 0. The van der Waals surface area contributed by atoms with E-state index in [0.29, 0.717) is 0 Å². The zero-order chi connectivity index (χ0) is 17.6. The van der Waals surface area contributed by atoms with Gasteiger partial charge in [0.2, 0.25) is 0 Å². The summed E-state index contributed by atoms with van der Waals surface area (Å²) < 4.78 is 0. The predicted octanol–water partition coefficient (Wildman–Crippen LogP) is 7.53. The van der Waals surface area contributed by atoms with Gasteiger partial charge >= 0.3 is 0 Å². The molecule has 134 valence electrons. The summed E-state index contributed by atoms with van der Waals surface area (Å²) in [5.41, 5.74) is 0. The Balaban J connectivity index is 5.01. The van der Waals surface area contributed by atoms with Crippen LogP contribution >= 0.6 is 0 Å². The topological polar surface area (TPSA) is 0 Å². The molecular weight excluding hydrogens is 264 g/mol. The van der Waals surface area contributed by atoms with Gasteiger partial charge in [-0.1, -0.05) is 89.0 Å². The van der Waals surface area contributed by atoms with E-state index in [1.54, 1.807) is 0 Å². The zero-order valence-corrected chi connectivity index (χ0v) is 17.6. The summed E-state index contributed by atoms with van der Waals surface area (Å²) in [5.74, 6) is 7.39. The minimum absolute atomic E-state index is 0.793. The highest BCUT2D eigenvalue weighted by Crippen LogP contribution is 2.41. The Bertz CT molecular complexity index is 278. The van der Waals surface area contributed by atoms with Crippen LogP contribution in [0.2, 0.25) is 0 Å². The molecule has 0 aliphatic rings. The fourth-order valence-corrected chi connectivity index (χ4v) is 4.27. The Labute approximate surface area is 142 Å². The van der Waals surface area contributed by atoms with Gasteiger partial charge < -0.3 is 0 Å². The van der Waals surface area contributed by atoms with Gasteiger partial charge in [0.1, 0.15) is 0 Å². The third-order valence-corrected chi connectivity index (χ3v) is 7.39. The van der Waals surface area contributed by atoms with E-state index < -0.39 is 0 Å². The lowest BCUT2D eigenvalue weighted by molar-refractivity contribution is 0.0824. The molecule has 0 heteroatoms. The smallest absolute Gasteiger partial charge is 0.0358 e. The largest absolute Gasteiger partial charge is 0.0654 e. The number of hydrogen-bond acceptors (Lipinski definition) is 0. The molecule has 0 aromatic heterocycles. The number of hydrogen-bond donors (Lipinski definition) is 0. The molecule has 0 aliphatic heterocycles. The molecule has 0 nitrogen and oxygen atoms in total.